The summed E-state index contributed by atoms with van der Waals surface area (Å²) in [5.41, 5.74) is 2.42. The van der Waals surface area contributed by atoms with E-state index in [2.05, 4.69) is 5.32 Å². The van der Waals surface area contributed by atoms with Crippen LogP contribution in [0.4, 0.5) is 5.69 Å². The van der Waals surface area contributed by atoms with Gasteiger partial charge in [0.2, 0.25) is 12.7 Å². The Bertz CT molecular complexity index is 1310. The van der Waals surface area contributed by atoms with Crippen molar-refractivity contribution in [3.63, 3.8) is 0 Å². The summed E-state index contributed by atoms with van der Waals surface area (Å²) in [4.78, 5) is 27.8. The van der Waals surface area contributed by atoms with Gasteiger partial charge >= 0.3 is 0 Å². The van der Waals surface area contributed by atoms with E-state index in [-0.39, 0.29) is 25.2 Å². The smallest absolute Gasteiger partial charge is 0.266 e. The normalized spacial score (nSPS) is 16.3. The molecule has 0 spiro atoms. The number of anilines is 1. The number of carbonyl (C=O) groups is 2. The first-order valence-electron chi connectivity index (χ1n) is 10.6. The average molecular weight is 480 g/mol. The second kappa shape index (κ2) is 8.92. The molecule has 1 saturated heterocycles. The molecule has 2 amide bonds. The molecule has 1 aromatic heterocycles. The number of aromatic nitrogens is 1. The highest BCUT2D eigenvalue weighted by atomic mass is 32.2. The molecule has 5 rings (SSSR count). The fourth-order valence-electron chi connectivity index (χ4n) is 3.91. The molecule has 1 fully saturated rings. The van der Waals surface area contributed by atoms with E-state index in [1.807, 2.05) is 48.0 Å². The van der Waals surface area contributed by atoms with E-state index in [0.717, 1.165) is 22.9 Å². The van der Waals surface area contributed by atoms with Crippen LogP contribution in [-0.4, -0.2) is 38.9 Å². The molecule has 2 aliphatic heterocycles. The van der Waals surface area contributed by atoms with Gasteiger partial charge in [-0.05, 0) is 30.7 Å². The molecule has 9 heteroatoms. The maximum Gasteiger partial charge on any atom is 0.266 e. The van der Waals surface area contributed by atoms with Crippen molar-refractivity contribution in [2.75, 3.05) is 18.7 Å². The van der Waals surface area contributed by atoms with E-state index in [1.165, 1.54) is 11.8 Å². The Kier molecular flexibility index (Phi) is 5.82. The van der Waals surface area contributed by atoms with Crippen LogP contribution < -0.4 is 14.8 Å². The van der Waals surface area contributed by atoms with E-state index in [9.17, 15) is 9.59 Å². The van der Waals surface area contributed by atoms with Crippen LogP contribution in [0.3, 0.4) is 0 Å². The van der Waals surface area contributed by atoms with Crippen molar-refractivity contribution in [3.05, 3.63) is 59.1 Å². The van der Waals surface area contributed by atoms with E-state index in [0.29, 0.717) is 33.0 Å². The summed E-state index contributed by atoms with van der Waals surface area (Å²) < 4.78 is 13.2. The van der Waals surface area contributed by atoms with E-state index in [1.54, 1.807) is 23.1 Å². The summed E-state index contributed by atoms with van der Waals surface area (Å²) in [5, 5.41) is 3.87. The number of benzene rings is 2. The molecule has 0 atom stereocenters. The lowest BCUT2D eigenvalue weighted by Crippen LogP contribution is -2.28. The van der Waals surface area contributed by atoms with E-state index >= 15 is 0 Å². The SMILES string of the molecule is CCCN1C(=O)/C(=C\c2cn(CC(=O)Nc3ccc4c(c3)OCO4)c3ccccc23)SC1=S. The lowest BCUT2D eigenvalue weighted by atomic mass is 10.1. The largest absolute Gasteiger partial charge is 0.454 e. The third-order valence-corrected chi connectivity index (χ3v) is 6.77. The molecule has 0 radical (unpaired) electrons. The minimum Gasteiger partial charge on any atom is -0.454 e. The molecule has 2 aliphatic rings. The maximum atomic E-state index is 12.8. The number of carbonyl (C=O) groups excluding carboxylic acids is 2. The fourth-order valence-corrected chi connectivity index (χ4v) is 5.21. The Morgan fingerprint density at radius 1 is 1.21 bits per heavy atom. The monoisotopic (exact) mass is 479 g/mol. The zero-order valence-corrected chi connectivity index (χ0v) is 19.5. The highest BCUT2D eigenvalue weighted by Gasteiger charge is 2.31. The number of amides is 2. The highest BCUT2D eigenvalue weighted by Crippen LogP contribution is 2.35. The number of para-hydroxylation sites is 1. The third-order valence-electron chi connectivity index (χ3n) is 5.40. The Morgan fingerprint density at radius 3 is 2.88 bits per heavy atom. The third kappa shape index (κ3) is 4.21. The summed E-state index contributed by atoms with van der Waals surface area (Å²) in [6.45, 7) is 2.94. The lowest BCUT2D eigenvalue weighted by molar-refractivity contribution is -0.122. The number of fused-ring (bicyclic) bond motifs is 2. The minimum absolute atomic E-state index is 0.0655. The number of hydrogen-bond donors (Lipinski definition) is 1. The zero-order valence-electron chi connectivity index (χ0n) is 17.9. The fraction of sp³-hybridized carbons (Fsp3) is 0.208. The minimum atomic E-state index is -0.171. The molecule has 3 heterocycles. The summed E-state index contributed by atoms with van der Waals surface area (Å²) >= 11 is 6.70. The van der Waals surface area contributed by atoms with Crippen LogP contribution in [-0.2, 0) is 16.1 Å². The lowest BCUT2D eigenvalue weighted by Gasteiger charge is -2.11. The zero-order chi connectivity index (χ0) is 22.9. The number of nitrogens with one attached hydrogen (secondary N) is 1. The highest BCUT2D eigenvalue weighted by molar-refractivity contribution is 8.26. The van der Waals surface area contributed by atoms with E-state index in [4.69, 9.17) is 21.7 Å². The predicted octanol–water partition coefficient (Wildman–Crippen LogP) is 4.62. The quantitative estimate of drug-likeness (QED) is 0.411. The number of nitrogens with zero attached hydrogens (tertiary/aromatic N) is 2. The van der Waals surface area contributed by atoms with Gasteiger partial charge in [0.25, 0.3) is 5.91 Å². The van der Waals surface area contributed by atoms with Crippen LogP contribution in [0, 0.1) is 0 Å². The summed E-state index contributed by atoms with van der Waals surface area (Å²) in [5.74, 6) is 1.04. The van der Waals surface area contributed by atoms with Gasteiger partial charge in [-0.25, -0.2) is 0 Å². The molecule has 168 valence electrons. The van der Waals surface area contributed by atoms with Crippen LogP contribution in [0.2, 0.25) is 0 Å². The van der Waals surface area contributed by atoms with Crippen LogP contribution in [0.15, 0.2) is 53.6 Å². The first kappa shape index (κ1) is 21.5. The van der Waals surface area contributed by atoms with Gasteiger partial charge in [0, 0.05) is 41.0 Å². The van der Waals surface area contributed by atoms with Crippen molar-refractivity contribution < 1.29 is 19.1 Å². The molecule has 1 N–H and O–H groups in total. The van der Waals surface area contributed by atoms with Crippen LogP contribution in [0.25, 0.3) is 17.0 Å². The maximum absolute atomic E-state index is 12.8. The molecule has 0 bridgehead atoms. The predicted molar refractivity (Wildman–Crippen MR) is 133 cm³/mol. The molecule has 2 aromatic carbocycles. The Morgan fingerprint density at radius 2 is 2.03 bits per heavy atom. The number of thiocarbonyl (C=S) groups is 1. The van der Waals surface area contributed by atoms with Crippen molar-refractivity contribution in [3.8, 4) is 11.5 Å². The number of hydrogen-bond acceptors (Lipinski definition) is 6. The molecule has 0 aliphatic carbocycles. The first-order chi connectivity index (χ1) is 16.0. The van der Waals surface area contributed by atoms with Gasteiger partial charge in [-0.1, -0.05) is 49.1 Å². The average Bonchev–Trinajstić information content (AvgIpc) is 3.47. The second-order valence-corrected chi connectivity index (χ2v) is 9.35. The van der Waals surface area contributed by atoms with Gasteiger partial charge in [-0.2, -0.15) is 0 Å². The van der Waals surface area contributed by atoms with Gasteiger partial charge in [-0.15, -0.1) is 0 Å². The van der Waals surface area contributed by atoms with Crippen molar-refractivity contribution in [2.24, 2.45) is 0 Å². The number of ether oxygens (including phenoxy) is 2. The molecule has 3 aromatic rings. The molecular formula is C24H21N3O4S2. The molecule has 0 unspecified atom stereocenters. The van der Waals surface area contributed by atoms with E-state index < -0.39 is 0 Å². The topological polar surface area (TPSA) is 72.8 Å². The van der Waals surface area contributed by atoms with Crippen LogP contribution in [0.1, 0.15) is 18.9 Å². The van der Waals surface area contributed by atoms with Crippen molar-refractivity contribution in [1.82, 2.24) is 9.47 Å². The molecular weight excluding hydrogens is 458 g/mol. The molecule has 7 nitrogen and oxygen atoms in total. The number of rotatable bonds is 6. The second-order valence-electron chi connectivity index (χ2n) is 7.68. The number of thioether (sulfide) groups is 1. The Balaban J connectivity index is 1.39. The van der Waals surface area contributed by atoms with Crippen molar-refractivity contribution >= 4 is 62.8 Å². The van der Waals surface area contributed by atoms with Gasteiger partial charge in [0.1, 0.15) is 10.9 Å². The summed E-state index contributed by atoms with van der Waals surface area (Å²) in [7, 11) is 0. The van der Waals surface area contributed by atoms with Gasteiger partial charge in [-0.3, -0.25) is 14.5 Å². The molecule has 0 saturated carbocycles. The summed E-state index contributed by atoms with van der Waals surface area (Å²) in [6, 6.07) is 13.1. The van der Waals surface area contributed by atoms with Crippen molar-refractivity contribution in [2.45, 2.75) is 19.9 Å². The van der Waals surface area contributed by atoms with Crippen LogP contribution >= 0.6 is 24.0 Å². The Hall–Kier alpha value is -3.30. The van der Waals surface area contributed by atoms with Gasteiger partial charge in [0.05, 0.1) is 4.91 Å². The Labute approximate surface area is 200 Å². The van der Waals surface area contributed by atoms with Gasteiger partial charge in [0.15, 0.2) is 11.5 Å². The van der Waals surface area contributed by atoms with Gasteiger partial charge < -0.3 is 19.4 Å². The van der Waals surface area contributed by atoms with Crippen LogP contribution in [0.5, 0.6) is 11.5 Å². The summed E-state index contributed by atoms with van der Waals surface area (Å²) in [6.07, 6.45) is 4.61. The standard InChI is InChI=1S/C24H21N3O4S2/c1-2-9-27-23(29)21(33-24(27)32)10-15-12-26(18-6-4-3-5-17(15)18)13-22(28)25-16-7-8-19-20(11-16)31-14-30-19/h3-8,10-12H,2,9,13-14H2,1H3,(H,25,28)/b21-10+. The van der Waals surface area contributed by atoms with Crippen molar-refractivity contribution in [1.29, 1.82) is 0 Å². The first-order valence-corrected chi connectivity index (χ1v) is 11.8. The molecule has 33 heavy (non-hydrogen) atoms.